The van der Waals surface area contributed by atoms with Gasteiger partial charge in [0.2, 0.25) is 7.41 Å². The van der Waals surface area contributed by atoms with Gasteiger partial charge in [0.25, 0.3) is 0 Å². The summed E-state index contributed by atoms with van der Waals surface area (Å²) in [6.45, 7) is 0. The van der Waals surface area contributed by atoms with Crippen molar-refractivity contribution >= 4 is 46.3 Å². The van der Waals surface area contributed by atoms with E-state index < -0.39 is 14.5 Å². The van der Waals surface area contributed by atoms with Crippen LogP contribution in [-0.2, 0) is 17.1 Å². The first kappa shape index (κ1) is 46.1. The summed E-state index contributed by atoms with van der Waals surface area (Å²) in [6.07, 6.45) is 0. The molecular weight excluding hydrogens is 800 g/mol. The van der Waals surface area contributed by atoms with Crippen molar-refractivity contribution in [3.8, 4) is 11.5 Å². The maximum absolute atomic E-state index is 10.3. The minimum absolute atomic E-state index is 0. The van der Waals surface area contributed by atoms with Gasteiger partial charge in [-0.2, -0.15) is 0 Å². The third-order valence-corrected chi connectivity index (χ3v) is 17.0. The van der Waals surface area contributed by atoms with Crippen LogP contribution < -0.4 is 53.2 Å². The van der Waals surface area contributed by atoms with Crippen molar-refractivity contribution in [3.05, 3.63) is 252 Å². The summed E-state index contributed by atoms with van der Waals surface area (Å²) in [5, 5.41) is 28.1. The van der Waals surface area contributed by atoms with E-state index in [0.717, 1.165) is 0 Å². The molecule has 2 radical (unpaired) electrons. The zero-order valence-corrected chi connectivity index (χ0v) is 34.2. The van der Waals surface area contributed by atoms with Crippen LogP contribution in [0.3, 0.4) is 0 Å². The number of benzene rings is 8. The van der Waals surface area contributed by atoms with E-state index in [4.69, 9.17) is 25.5 Å². The number of hydrogen-bond donors (Lipinski definition) is 0. The molecule has 0 unspecified atom stereocenters. The molecule has 0 aliphatic rings. The predicted octanol–water partition coefficient (Wildman–Crippen LogP) is 7.70. The third kappa shape index (κ3) is 11.9. The number of rotatable bonds is 7. The molecule has 0 saturated carbocycles. The second kappa shape index (κ2) is 25.1. The fraction of sp³-hybridized carbons (Fsp3) is 0. The summed E-state index contributed by atoms with van der Waals surface area (Å²) in [5.74, 6) is 0.144. The Hall–Kier alpha value is -6.26. The van der Waals surface area contributed by atoms with Crippen LogP contribution in [0, 0.1) is 9.81 Å². The van der Waals surface area contributed by atoms with Gasteiger partial charge >= 0.3 is 0 Å². The average molecular weight is 841 g/mol. The van der Waals surface area contributed by atoms with E-state index in [0.29, 0.717) is 0 Å². The number of para-hydroxylation sites is 2. The zero-order chi connectivity index (χ0) is 40.6. The van der Waals surface area contributed by atoms with Gasteiger partial charge in [-0.3, -0.25) is 0 Å². The Bertz CT molecular complexity index is 2100. The molecule has 0 aliphatic heterocycles. The summed E-state index contributed by atoms with van der Waals surface area (Å²) < 4.78 is 6.38. The van der Waals surface area contributed by atoms with E-state index in [1.165, 1.54) is 56.1 Å². The monoisotopic (exact) mass is 840 g/mol. The fourth-order valence-electron chi connectivity index (χ4n) is 6.11. The minimum atomic E-state index is -2.50. The van der Waals surface area contributed by atoms with Crippen LogP contribution in [0.25, 0.3) is 0 Å². The summed E-state index contributed by atoms with van der Waals surface area (Å²) in [4.78, 5) is 14.5. The van der Waals surface area contributed by atoms with Gasteiger partial charge in [0.05, 0.1) is 0 Å². The van der Waals surface area contributed by atoms with Crippen molar-refractivity contribution in [1.82, 2.24) is 11.2 Å². The van der Waals surface area contributed by atoms with E-state index in [2.05, 4.69) is 182 Å². The van der Waals surface area contributed by atoms with E-state index in [1.54, 1.807) is 24.3 Å². The maximum atomic E-state index is 10.3. The number of nitrogens with zero attached hydrogens (tertiary/aromatic N) is 3. The first-order valence-corrected chi connectivity index (χ1v) is 21.3. The largest absolute Gasteiger partial charge is 0.872 e. The molecule has 0 spiro atoms. The second-order valence-electron chi connectivity index (χ2n) is 12.0. The summed E-state index contributed by atoms with van der Waals surface area (Å²) in [5.41, 5.74) is 11.5. The molecule has 0 aromatic heterocycles. The molecule has 290 valence electrons. The average Bonchev–Trinajstić information content (AvgIpc) is 3.31. The van der Waals surface area contributed by atoms with Crippen LogP contribution in [0.1, 0.15) is 0 Å². The Balaban J connectivity index is 0.000000394. The topological polar surface area (TPSA) is 137 Å². The third-order valence-electron chi connectivity index (χ3n) is 8.53. The predicted molar refractivity (Wildman–Crippen MR) is 236 cm³/mol. The summed E-state index contributed by atoms with van der Waals surface area (Å²) in [7, 11) is -4.99. The van der Waals surface area contributed by atoms with Crippen molar-refractivity contribution in [2.24, 2.45) is 4.52 Å². The molecule has 8 rings (SSSR count). The standard InChI is InChI=1S/C36H30NP2.2C6H6O.Fe.2NO/c1-7-19-31(20-8-1)38(32-21-9-2-10-22-32,33-23-11-3-12-24-33)37-39(34-25-13-4-14-26-34,35-27-15-5-16-28-35)36-29-17-6-18-30-36;2*7-6-4-2-1-3-5-6;;2*1-2/h1-30H;2*1-5,7H;;;/q+1;;;;;/p-2. The van der Waals surface area contributed by atoms with Crippen molar-refractivity contribution in [3.63, 3.8) is 0 Å². The van der Waals surface area contributed by atoms with E-state index in [9.17, 15) is 10.2 Å². The van der Waals surface area contributed by atoms with Gasteiger partial charge < -0.3 is 10.2 Å². The molecule has 0 heterocycles. The Morgan fingerprint density at radius 3 is 0.707 bits per heavy atom. The van der Waals surface area contributed by atoms with Crippen LogP contribution >= 0.6 is 14.5 Å². The van der Waals surface area contributed by atoms with Crippen LogP contribution in [0.15, 0.2) is 247 Å². The van der Waals surface area contributed by atoms with Gasteiger partial charge in [0.1, 0.15) is 34.2 Å². The van der Waals surface area contributed by atoms with Gasteiger partial charge in [-0.15, -0.1) is 25.8 Å². The SMILES string of the molecule is [Fe].[N]=O.[N]=O.[O-]c1ccccc1.[O-]c1ccccc1.c1ccc(P(=N[P+](c2ccccc2)(c2ccccc2)c2ccccc2)(c2ccccc2)c2ccccc2)cc1. The molecule has 10 heteroatoms. The zero-order valence-electron chi connectivity index (χ0n) is 31.3. The van der Waals surface area contributed by atoms with Crippen molar-refractivity contribution in [2.45, 2.75) is 0 Å². The molecule has 0 bridgehead atoms. The molecular formula is C48H40FeN3O4P2-. The quantitative estimate of drug-likeness (QED) is 0.120. The van der Waals surface area contributed by atoms with Crippen molar-refractivity contribution < 1.29 is 27.3 Å². The van der Waals surface area contributed by atoms with Crippen LogP contribution in [0.2, 0.25) is 0 Å². The van der Waals surface area contributed by atoms with Crippen LogP contribution in [0.4, 0.5) is 0 Å². The van der Waals surface area contributed by atoms with Crippen LogP contribution in [-0.4, -0.2) is 0 Å². The van der Waals surface area contributed by atoms with Gasteiger partial charge in [-0.1, -0.05) is 206 Å². The second-order valence-corrected chi connectivity index (χ2v) is 18.4. The molecule has 7 nitrogen and oxygen atoms in total. The van der Waals surface area contributed by atoms with Crippen molar-refractivity contribution in [2.75, 3.05) is 0 Å². The van der Waals surface area contributed by atoms with Crippen LogP contribution in [0.5, 0.6) is 11.5 Å². The van der Waals surface area contributed by atoms with E-state index >= 15 is 0 Å². The Morgan fingerprint density at radius 1 is 0.328 bits per heavy atom. The summed E-state index contributed by atoms with van der Waals surface area (Å²) >= 11 is 0. The molecule has 0 aliphatic carbocycles. The maximum Gasteiger partial charge on any atom is 0.228 e. The first-order chi connectivity index (χ1) is 28.1. The Kier molecular flexibility index (Phi) is 19.9. The van der Waals surface area contributed by atoms with Gasteiger partial charge in [0.15, 0.2) is 0 Å². The fourth-order valence-corrected chi connectivity index (χ4v) is 15.6. The first-order valence-electron chi connectivity index (χ1n) is 17.8. The molecule has 0 saturated heterocycles. The molecule has 58 heavy (non-hydrogen) atoms. The molecule has 0 N–H and O–H groups in total. The van der Waals surface area contributed by atoms with Gasteiger partial charge in [-0.05, 0) is 36.4 Å². The van der Waals surface area contributed by atoms with Crippen molar-refractivity contribution in [1.29, 1.82) is 0 Å². The Labute approximate surface area is 351 Å². The number of nitroso groups, excluding NO2 is 2. The van der Waals surface area contributed by atoms with E-state index in [-0.39, 0.29) is 28.6 Å². The molecule has 8 aromatic carbocycles. The van der Waals surface area contributed by atoms with Gasteiger partial charge in [0, 0.05) is 33.0 Å². The minimum Gasteiger partial charge on any atom is -0.872 e. The molecule has 8 aromatic rings. The Morgan fingerprint density at radius 2 is 0.517 bits per heavy atom. The molecule has 0 fully saturated rings. The normalized spacial score (nSPS) is 10.0. The number of hydrogen-bond acceptors (Lipinski definition) is 5. The van der Waals surface area contributed by atoms with Gasteiger partial charge in [-0.25, -0.2) is 0 Å². The smallest absolute Gasteiger partial charge is 0.228 e. The summed E-state index contributed by atoms with van der Waals surface area (Å²) in [6, 6.07) is 82.3. The molecule has 0 amide bonds. The molecule has 0 atom stereocenters. The van der Waals surface area contributed by atoms with E-state index in [1.807, 2.05) is 12.1 Å².